The van der Waals surface area contributed by atoms with Gasteiger partial charge < -0.3 is 30.1 Å². The van der Waals surface area contributed by atoms with E-state index >= 15 is 0 Å². The van der Waals surface area contributed by atoms with Crippen LogP contribution in [0, 0.1) is 0 Å². The Kier molecular flexibility index (Phi) is 6.09. The molecule has 2 fully saturated rings. The van der Waals surface area contributed by atoms with Crippen LogP contribution < -0.4 is 20.1 Å². The molecule has 2 saturated carbocycles. The summed E-state index contributed by atoms with van der Waals surface area (Å²) < 4.78 is 11.4. The number of aromatic nitrogens is 4. The summed E-state index contributed by atoms with van der Waals surface area (Å²) in [5.74, 6) is 1.73. The highest BCUT2D eigenvalue weighted by Crippen LogP contribution is 2.47. The summed E-state index contributed by atoms with van der Waals surface area (Å²) in [4.78, 5) is 41.4. The number of amides is 2. The number of carbonyl (C=O) groups excluding carboxylic acids is 2. The van der Waals surface area contributed by atoms with Gasteiger partial charge in [-0.2, -0.15) is 0 Å². The van der Waals surface area contributed by atoms with Crippen molar-refractivity contribution in [3.63, 3.8) is 0 Å². The van der Waals surface area contributed by atoms with Gasteiger partial charge in [-0.05, 0) is 104 Å². The van der Waals surface area contributed by atoms with E-state index in [1.54, 1.807) is 0 Å². The summed E-state index contributed by atoms with van der Waals surface area (Å²) in [6, 6.07) is 10.0. The predicted octanol–water partition coefficient (Wildman–Crippen LogP) is 6.08. The number of H-pyrrole nitrogens is 2. The molecule has 1 aromatic carbocycles. The van der Waals surface area contributed by atoms with Crippen LogP contribution in [0.15, 0.2) is 42.7 Å². The summed E-state index contributed by atoms with van der Waals surface area (Å²) in [5, 5.41) is 6.95. The Morgan fingerprint density at radius 2 is 1.24 bits per heavy atom. The number of hydrogen-bond acceptors (Lipinski definition) is 6. The zero-order valence-corrected chi connectivity index (χ0v) is 28.7. The molecule has 0 atom stereocenters. The van der Waals surface area contributed by atoms with E-state index in [1.807, 2.05) is 36.7 Å². The van der Waals surface area contributed by atoms with Crippen molar-refractivity contribution in [2.75, 3.05) is 13.2 Å². The monoisotopic (exact) mass is 698 g/mol. The van der Waals surface area contributed by atoms with Gasteiger partial charge in [0, 0.05) is 64.4 Å². The van der Waals surface area contributed by atoms with Crippen LogP contribution in [0.5, 0.6) is 11.5 Å². The first-order valence-electron chi connectivity index (χ1n) is 18.0. The molecule has 3 aliphatic heterocycles. The van der Waals surface area contributed by atoms with Gasteiger partial charge in [0.15, 0.2) is 11.5 Å². The molecule has 0 saturated heterocycles. The number of rotatable bonds is 1. The van der Waals surface area contributed by atoms with Crippen LogP contribution in [0.2, 0.25) is 5.15 Å². The van der Waals surface area contributed by atoms with E-state index in [0.717, 1.165) is 143 Å². The molecule has 51 heavy (non-hydrogen) atoms. The van der Waals surface area contributed by atoms with Crippen LogP contribution >= 0.6 is 11.6 Å². The van der Waals surface area contributed by atoms with Crippen LogP contribution in [0.1, 0.15) is 80.0 Å². The molecule has 5 aromatic rings. The molecule has 7 heterocycles. The Bertz CT molecular complexity index is 2370. The van der Waals surface area contributed by atoms with Gasteiger partial charge in [0.1, 0.15) is 18.4 Å². The van der Waals surface area contributed by atoms with Crippen LogP contribution in [-0.4, -0.2) is 56.0 Å². The minimum Gasteiger partial charge on any atom is -0.486 e. The van der Waals surface area contributed by atoms with E-state index in [4.69, 9.17) is 26.1 Å². The minimum atomic E-state index is 0.00890. The molecule has 11 heteroatoms. The normalized spacial score (nSPS) is 19.9. The number of fused-ring (bicyclic) bond motifs is 11. The molecule has 12 rings (SSSR count). The highest BCUT2D eigenvalue weighted by Gasteiger charge is 2.50. The fourth-order valence-electron chi connectivity index (χ4n) is 8.93. The maximum atomic E-state index is 12.8. The molecule has 4 aromatic heterocycles. The number of carbonyl (C=O) groups is 2. The van der Waals surface area contributed by atoms with Gasteiger partial charge in [0.25, 0.3) is 11.8 Å². The number of pyridine rings is 2. The molecular formula is C40H35ClN6O4. The van der Waals surface area contributed by atoms with E-state index in [-0.39, 0.29) is 22.9 Å². The molecular weight excluding hydrogens is 664 g/mol. The summed E-state index contributed by atoms with van der Waals surface area (Å²) >= 11 is 6.05. The number of aromatic amines is 2. The van der Waals surface area contributed by atoms with E-state index in [0.29, 0.717) is 18.4 Å². The van der Waals surface area contributed by atoms with E-state index in [1.165, 1.54) is 11.1 Å². The highest BCUT2D eigenvalue weighted by atomic mass is 35.5. The Hall–Kier alpha value is -5.09. The van der Waals surface area contributed by atoms with Crippen LogP contribution in [0.25, 0.3) is 33.8 Å². The van der Waals surface area contributed by atoms with Gasteiger partial charge >= 0.3 is 0 Å². The summed E-state index contributed by atoms with van der Waals surface area (Å²) in [7, 11) is 0. The second-order valence-corrected chi connectivity index (χ2v) is 15.6. The second-order valence-electron chi connectivity index (χ2n) is 15.2. The van der Waals surface area contributed by atoms with Crippen molar-refractivity contribution >= 4 is 23.4 Å². The van der Waals surface area contributed by atoms with Gasteiger partial charge in [-0.15, -0.1) is 0 Å². The zero-order chi connectivity index (χ0) is 34.1. The molecule has 7 aliphatic rings. The Labute approximate surface area is 298 Å². The standard InChI is InChI=1S/C24H21N3O3.C16H14ClN3O/c28-23-21-15-3-1-14-12-25-17(13-2-4-19-20(9-13)30-8-7-29-19)10-16(14)22(15)26-18(21)11-24(27-23)5-6-24;17-12-5-10-8(7-18-12)1-2-9-13-11(19-14(9)10)6-16(3-4-16)20-15(13)21/h2,4,9-10,12,26H,1,3,5-8,11H2,(H,27,28);5,7,19H,1-4,6H2,(H,20,21). The quantitative estimate of drug-likeness (QED) is 0.157. The highest BCUT2D eigenvalue weighted by molar-refractivity contribution is 6.29. The van der Waals surface area contributed by atoms with E-state index in [9.17, 15) is 9.59 Å². The second kappa shape index (κ2) is 10.5. The van der Waals surface area contributed by atoms with Crippen LogP contribution in [0.3, 0.4) is 0 Å². The van der Waals surface area contributed by atoms with Gasteiger partial charge in [0.05, 0.1) is 28.2 Å². The average Bonchev–Trinajstić information content (AvgIpc) is 3.98. The summed E-state index contributed by atoms with van der Waals surface area (Å²) in [5.41, 5.74) is 15.1. The Morgan fingerprint density at radius 3 is 1.84 bits per heavy atom. The Balaban J connectivity index is 0.000000130. The predicted molar refractivity (Wildman–Crippen MR) is 191 cm³/mol. The molecule has 4 aliphatic carbocycles. The maximum Gasteiger partial charge on any atom is 0.253 e. The largest absolute Gasteiger partial charge is 0.486 e. The van der Waals surface area contributed by atoms with Crippen molar-refractivity contribution in [2.45, 2.75) is 75.3 Å². The third kappa shape index (κ3) is 4.68. The van der Waals surface area contributed by atoms with Crippen molar-refractivity contribution in [3.05, 3.63) is 92.6 Å². The van der Waals surface area contributed by atoms with Crippen LogP contribution in [0.4, 0.5) is 0 Å². The molecule has 2 spiro atoms. The smallest absolute Gasteiger partial charge is 0.253 e. The summed E-state index contributed by atoms with van der Waals surface area (Å²) in [6.07, 6.45) is 13.6. The maximum absolute atomic E-state index is 12.8. The van der Waals surface area contributed by atoms with Crippen molar-refractivity contribution in [1.82, 2.24) is 30.6 Å². The number of ether oxygens (including phenoxy) is 2. The lowest BCUT2D eigenvalue weighted by Crippen LogP contribution is -2.43. The zero-order valence-electron chi connectivity index (χ0n) is 27.9. The lowest BCUT2D eigenvalue weighted by Gasteiger charge is -2.24. The van der Waals surface area contributed by atoms with Crippen molar-refractivity contribution in [1.29, 1.82) is 0 Å². The number of hydrogen-bond donors (Lipinski definition) is 4. The van der Waals surface area contributed by atoms with Crippen molar-refractivity contribution in [2.24, 2.45) is 0 Å². The van der Waals surface area contributed by atoms with Gasteiger partial charge in [-0.1, -0.05) is 11.6 Å². The van der Waals surface area contributed by atoms with Crippen molar-refractivity contribution in [3.8, 4) is 45.3 Å². The van der Waals surface area contributed by atoms with Gasteiger partial charge in [-0.3, -0.25) is 14.6 Å². The SMILES string of the molecule is O=C1NC2(CC2)Cc2[nH]c3c(c21)CCc1cnc(-c2ccc4c(c2)OCCO4)cc1-3.O=C1NC2(CC2)Cc2[nH]c3c(c21)CCc1cnc(Cl)cc1-3. The number of aryl methyl sites for hydroxylation is 2. The number of nitrogens with zero attached hydrogens (tertiary/aromatic N) is 2. The summed E-state index contributed by atoms with van der Waals surface area (Å²) in [6.45, 7) is 1.15. The minimum absolute atomic E-state index is 0.00890. The first kappa shape index (κ1) is 29.6. The third-order valence-corrected chi connectivity index (χ3v) is 12.1. The molecule has 256 valence electrons. The van der Waals surface area contributed by atoms with E-state index in [2.05, 4.69) is 31.7 Å². The third-order valence-electron chi connectivity index (χ3n) is 11.9. The molecule has 0 radical (unpaired) electrons. The fourth-order valence-corrected chi connectivity index (χ4v) is 9.09. The number of benzene rings is 1. The van der Waals surface area contributed by atoms with Crippen molar-refractivity contribution < 1.29 is 19.1 Å². The fraction of sp³-hybridized carbons (Fsp3) is 0.350. The molecule has 4 N–H and O–H groups in total. The average molecular weight is 699 g/mol. The van der Waals surface area contributed by atoms with Gasteiger partial charge in [0.2, 0.25) is 0 Å². The molecule has 0 unspecified atom stereocenters. The molecule has 2 amide bonds. The lowest BCUT2D eigenvalue weighted by molar-refractivity contribution is 0.0908. The topological polar surface area (TPSA) is 134 Å². The van der Waals surface area contributed by atoms with E-state index < -0.39 is 0 Å². The molecule has 0 bridgehead atoms. The number of nitrogens with one attached hydrogen (secondary N) is 4. The van der Waals surface area contributed by atoms with Gasteiger partial charge in [-0.25, -0.2) is 4.98 Å². The first-order valence-corrected chi connectivity index (χ1v) is 18.4. The lowest BCUT2D eigenvalue weighted by atomic mass is 9.87. The Morgan fingerprint density at radius 1 is 0.667 bits per heavy atom. The first-order chi connectivity index (χ1) is 24.8. The number of halogens is 1. The molecule has 10 nitrogen and oxygen atoms in total. The van der Waals surface area contributed by atoms with Crippen LogP contribution in [-0.2, 0) is 38.5 Å².